The number of fused-ring (bicyclic) bond motifs is 2. The van der Waals surface area contributed by atoms with Gasteiger partial charge in [0.05, 0.1) is 5.52 Å². The lowest BCUT2D eigenvalue weighted by Crippen LogP contribution is -1.92. The van der Waals surface area contributed by atoms with Gasteiger partial charge in [0.2, 0.25) is 6.79 Å². The average molecular weight is 268 g/mol. The van der Waals surface area contributed by atoms with Crippen LogP contribution in [0.3, 0.4) is 0 Å². The summed E-state index contributed by atoms with van der Waals surface area (Å²) in [6, 6.07) is 9.61. The van der Waals surface area contributed by atoms with Crippen molar-refractivity contribution in [3.63, 3.8) is 0 Å². The van der Waals surface area contributed by atoms with E-state index in [1.807, 2.05) is 37.4 Å². The number of aromatic nitrogens is 3. The van der Waals surface area contributed by atoms with Crippen LogP contribution in [0.15, 0.2) is 30.3 Å². The van der Waals surface area contributed by atoms with Gasteiger partial charge in [-0.1, -0.05) is 0 Å². The molecular formula is C14H12N4O2. The van der Waals surface area contributed by atoms with E-state index in [0.29, 0.717) is 5.65 Å². The summed E-state index contributed by atoms with van der Waals surface area (Å²) >= 11 is 0. The number of hydrogen-bond donors (Lipinski definition) is 2. The van der Waals surface area contributed by atoms with Crippen LogP contribution in [0.2, 0.25) is 0 Å². The highest BCUT2D eigenvalue weighted by Crippen LogP contribution is 2.35. The molecular weight excluding hydrogens is 256 g/mol. The third-order valence-electron chi connectivity index (χ3n) is 3.25. The second kappa shape index (κ2) is 4.12. The molecule has 2 N–H and O–H groups in total. The van der Waals surface area contributed by atoms with E-state index >= 15 is 0 Å². The first-order valence-corrected chi connectivity index (χ1v) is 6.28. The largest absolute Gasteiger partial charge is 0.454 e. The van der Waals surface area contributed by atoms with Crippen LogP contribution in [0, 0.1) is 0 Å². The molecule has 0 spiro atoms. The summed E-state index contributed by atoms with van der Waals surface area (Å²) in [4.78, 5) is 12.2. The van der Waals surface area contributed by atoms with Crippen LogP contribution >= 0.6 is 0 Å². The Morgan fingerprint density at radius 2 is 2.00 bits per heavy atom. The van der Waals surface area contributed by atoms with E-state index in [1.165, 1.54) is 0 Å². The lowest BCUT2D eigenvalue weighted by atomic mass is 10.2. The molecule has 0 radical (unpaired) electrons. The van der Waals surface area contributed by atoms with Gasteiger partial charge in [-0.05, 0) is 30.3 Å². The number of pyridine rings is 1. The van der Waals surface area contributed by atoms with Gasteiger partial charge in [-0.2, -0.15) is 0 Å². The molecule has 0 atom stereocenters. The minimum Gasteiger partial charge on any atom is -0.454 e. The molecule has 0 amide bonds. The van der Waals surface area contributed by atoms with E-state index in [9.17, 15) is 0 Å². The second-order valence-electron chi connectivity index (χ2n) is 4.47. The molecule has 0 fully saturated rings. The van der Waals surface area contributed by atoms with Crippen LogP contribution in [-0.4, -0.2) is 28.8 Å². The molecule has 1 aromatic carbocycles. The summed E-state index contributed by atoms with van der Waals surface area (Å²) in [5.74, 6) is 3.06. The van der Waals surface area contributed by atoms with Crippen LogP contribution in [-0.2, 0) is 0 Å². The number of benzene rings is 1. The number of rotatable bonds is 2. The van der Waals surface area contributed by atoms with Crippen molar-refractivity contribution in [2.24, 2.45) is 0 Å². The van der Waals surface area contributed by atoms with Gasteiger partial charge in [-0.3, -0.25) is 0 Å². The Balaban J connectivity index is 1.81. The Hall–Kier alpha value is -2.76. The fraction of sp³-hybridized carbons (Fsp3) is 0.143. The molecule has 1 aliphatic heterocycles. The van der Waals surface area contributed by atoms with E-state index in [-0.39, 0.29) is 6.79 Å². The fourth-order valence-corrected chi connectivity index (χ4v) is 2.21. The summed E-state index contributed by atoms with van der Waals surface area (Å²) in [5.41, 5.74) is 2.53. The van der Waals surface area contributed by atoms with Crippen LogP contribution in [0.5, 0.6) is 11.5 Å². The number of nitrogens with zero attached hydrogens (tertiary/aromatic N) is 2. The van der Waals surface area contributed by atoms with Crippen LogP contribution < -0.4 is 14.8 Å². The number of hydrogen-bond acceptors (Lipinski definition) is 5. The molecule has 2 aromatic heterocycles. The van der Waals surface area contributed by atoms with Crippen molar-refractivity contribution in [1.29, 1.82) is 0 Å². The molecule has 0 bridgehead atoms. The molecule has 0 unspecified atom stereocenters. The van der Waals surface area contributed by atoms with Gasteiger partial charge < -0.3 is 19.8 Å². The summed E-state index contributed by atoms with van der Waals surface area (Å²) in [7, 11) is 1.83. The number of H-pyrrole nitrogens is 1. The number of nitrogens with one attached hydrogen (secondary N) is 2. The maximum Gasteiger partial charge on any atom is 0.231 e. The van der Waals surface area contributed by atoms with Gasteiger partial charge in [0.25, 0.3) is 0 Å². The summed E-state index contributed by atoms with van der Waals surface area (Å²) < 4.78 is 10.7. The minimum absolute atomic E-state index is 0.270. The highest BCUT2D eigenvalue weighted by atomic mass is 16.7. The van der Waals surface area contributed by atoms with Crippen LogP contribution in [0.4, 0.5) is 5.82 Å². The van der Waals surface area contributed by atoms with Crippen molar-refractivity contribution in [1.82, 2.24) is 15.0 Å². The quantitative estimate of drug-likeness (QED) is 0.746. The van der Waals surface area contributed by atoms with Crippen molar-refractivity contribution in [3.05, 3.63) is 30.3 Å². The van der Waals surface area contributed by atoms with E-state index < -0.39 is 0 Å². The van der Waals surface area contributed by atoms with Crippen LogP contribution in [0.25, 0.3) is 22.6 Å². The third-order valence-corrected chi connectivity index (χ3v) is 3.25. The number of ether oxygens (including phenoxy) is 2. The summed E-state index contributed by atoms with van der Waals surface area (Å²) in [6.07, 6.45) is 0. The Kier molecular flexibility index (Phi) is 2.29. The Labute approximate surface area is 114 Å². The van der Waals surface area contributed by atoms with Crippen molar-refractivity contribution in [3.8, 4) is 22.9 Å². The highest BCUT2D eigenvalue weighted by Gasteiger charge is 2.15. The molecule has 3 heterocycles. The zero-order valence-corrected chi connectivity index (χ0v) is 10.8. The van der Waals surface area contributed by atoms with Gasteiger partial charge >= 0.3 is 0 Å². The first-order valence-electron chi connectivity index (χ1n) is 6.28. The monoisotopic (exact) mass is 268 g/mol. The Morgan fingerprint density at radius 1 is 1.10 bits per heavy atom. The Bertz CT molecular complexity index is 797. The third kappa shape index (κ3) is 1.65. The average Bonchev–Trinajstić information content (AvgIpc) is 3.11. The second-order valence-corrected chi connectivity index (χ2v) is 4.47. The minimum atomic E-state index is 0.270. The molecule has 20 heavy (non-hydrogen) atoms. The van der Waals surface area contributed by atoms with E-state index in [1.54, 1.807) is 0 Å². The predicted molar refractivity (Wildman–Crippen MR) is 75.0 cm³/mol. The van der Waals surface area contributed by atoms with E-state index in [4.69, 9.17) is 9.47 Å². The van der Waals surface area contributed by atoms with Gasteiger partial charge in [-0.15, -0.1) is 0 Å². The maximum absolute atomic E-state index is 5.38. The summed E-state index contributed by atoms with van der Waals surface area (Å²) in [6.45, 7) is 0.270. The topological polar surface area (TPSA) is 72.1 Å². The lowest BCUT2D eigenvalue weighted by Gasteiger charge is -1.99. The van der Waals surface area contributed by atoms with Gasteiger partial charge in [-0.25, -0.2) is 9.97 Å². The first-order chi connectivity index (χ1) is 9.83. The Morgan fingerprint density at radius 3 is 2.90 bits per heavy atom. The zero-order chi connectivity index (χ0) is 13.5. The number of anilines is 1. The molecule has 3 aromatic rings. The fourth-order valence-electron chi connectivity index (χ4n) is 2.21. The zero-order valence-electron chi connectivity index (χ0n) is 10.8. The van der Waals surface area contributed by atoms with Crippen molar-refractivity contribution in [2.75, 3.05) is 19.2 Å². The molecule has 100 valence electrons. The number of aromatic amines is 1. The van der Waals surface area contributed by atoms with Crippen LogP contribution in [0.1, 0.15) is 0 Å². The summed E-state index contributed by atoms with van der Waals surface area (Å²) in [5, 5.41) is 3.00. The van der Waals surface area contributed by atoms with Gasteiger partial charge in [0.15, 0.2) is 17.1 Å². The van der Waals surface area contributed by atoms with Crippen molar-refractivity contribution < 1.29 is 9.47 Å². The molecule has 6 heteroatoms. The van der Waals surface area contributed by atoms with E-state index in [0.717, 1.165) is 34.2 Å². The molecule has 1 aliphatic rings. The first kappa shape index (κ1) is 11.1. The molecule has 0 saturated carbocycles. The van der Waals surface area contributed by atoms with Crippen molar-refractivity contribution in [2.45, 2.75) is 0 Å². The molecule has 6 nitrogen and oxygen atoms in total. The van der Waals surface area contributed by atoms with E-state index in [2.05, 4.69) is 20.3 Å². The molecule has 4 rings (SSSR count). The van der Waals surface area contributed by atoms with Crippen molar-refractivity contribution >= 4 is 17.0 Å². The molecule has 0 saturated heterocycles. The van der Waals surface area contributed by atoms with Gasteiger partial charge in [0, 0.05) is 12.6 Å². The maximum atomic E-state index is 5.38. The predicted octanol–water partition coefficient (Wildman–Crippen LogP) is 2.40. The normalized spacial score (nSPS) is 12.8. The highest BCUT2D eigenvalue weighted by molar-refractivity contribution is 5.78. The molecule has 0 aliphatic carbocycles. The smallest absolute Gasteiger partial charge is 0.231 e. The lowest BCUT2D eigenvalue weighted by molar-refractivity contribution is 0.174. The number of imidazole rings is 1. The SMILES string of the molecule is CNc1ccc2[nH]c(-c3ccc4c(c3)OCO4)nc2n1. The standard InChI is InChI=1S/C14H12N4O2/c1-15-12-5-3-9-14(17-12)18-13(16-9)8-2-4-10-11(6-8)20-7-19-10/h2-6H,7H2,1H3,(H2,15,16,17,18). The van der Waals surface area contributed by atoms with Gasteiger partial charge in [0.1, 0.15) is 11.6 Å².